The maximum atomic E-state index is 5.89. The largest absolute Gasteiger partial charge is 0.328 e. The predicted octanol–water partition coefficient (Wildman–Crippen LogP) is 1.52. The lowest BCUT2D eigenvalue weighted by Crippen LogP contribution is -2.45. The van der Waals surface area contributed by atoms with Gasteiger partial charge in [0.15, 0.2) is 0 Å². The molecule has 1 heterocycles. The molecule has 1 atom stereocenters. The number of rotatable bonds is 1. The molecule has 0 saturated carbocycles. The number of likely N-dealkylation sites (tertiary alicyclic amines) is 1. The SMILES string of the molecule is NC1CCN(C2CC=CCC2)CC1. The van der Waals surface area contributed by atoms with Gasteiger partial charge >= 0.3 is 0 Å². The fourth-order valence-electron chi connectivity index (χ4n) is 2.39. The van der Waals surface area contributed by atoms with E-state index in [0.717, 1.165) is 6.04 Å². The Labute approximate surface area is 80.8 Å². The Bertz CT molecular complexity index is 181. The molecule has 1 aliphatic carbocycles. The Morgan fingerprint density at radius 3 is 2.46 bits per heavy atom. The second-order valence-corrected chi connectivity index (χ2v) is 4.31. The van der Waals surface area contributed by atoms with Crippen molar-refractivity contribution in [1.29, 1.82) is 0 Å². The van der Waals surface area contributed by atoms with Crippen LogP contribution in [-0.2, 0) is 0 Å². The van der Waals surface area contributed by atoms with Crippen molar-refractivity contribution < 1.29 is 0 Å². The third-order valence-corrected chi connectivity index (χ3v) is 3.33. The zero-order valence-corrected chi connectivity index (χ0v) is 8.28. The van der Waals surface area contributed by atoms with Crippen LogP contribution in [0.15, 0.2) is 12.2 Å². The van der Waals surface area contributed by atoms with E-state index >= 15 is 0 Å². The molecule has 0 aromatic heterocycles. The Balaban J connectivity index is 1.83. The molecule has 0 aromatic rings. The first kappa shape index (κ1) is 9.22. The van der Waals surface area contributed by atoms with Crippen LogP contribution >= 0.6 is 0 Å². The number of hydrogen-bond donors (Lipinski definition) is 1. The molecule has 1 saturated heterocycles. The molecular weight excluding hydrogens is 160 g/mol. The number of nitrogens with zero attached hydrogens (tertiary/aromatic N) is 1. The van der Waals surface area contributed by atoms with Crippen LogP contribution in [0.4, 0.5) is 0 Å². The van der Waals surface area contributed by atoms with Crippen molar-refractivity contribution in [3.8, 4) is 0 Å². The van der Waals surface area contributed by atoms with Crippen LogP contribution in [0.1, 0.15) is 32.1 Å². The van der Waals surface area contributed by atoms with E-state index < -0.39 is 0 Å². The normalized spacial score (nSPS) is 32.2. The maximum Gasteiger partial charge on any atom is 0.0133 e. The van der Waals surface area contributed by atoms with Gasteiger partial charge in [0, 0.05) is 12.1 Å². The zero-order chi connectivity index (χ0) is 9.10. The molecule has 74 valence electrons. The highest BCUT2D eigenvalue weighted by Gasteiger charge is 2.22. The van der Waals surface area contributed by atoms with Gasteiger partial charge in [0.25, 0.3) is 0 Å². The molecule has 0 radical (unpaired) electrons. The van der Waals surface area contributed by atoms with E-state index in [9.17, 15) is 0 Å². The standard InChI is InChI=1S/C11H20N2/c12-10-6-8-13(9-7-10)11-4-2-1-3-5-11/h1-2,10-11H,3-9,12H2. The highest BCUT2D eigenvalue weighted by atomic mass is 15.2. The quantitative estimate of drug-likeness (QED) is 0.620. The molecule has 0 amide bonds. The first-order valence-electron chi connectivity index (χ1n) is 5.51. The van der Waals surface area contributed by atoms with Gasteiger partial charge in [-0.3, -0.25) is 4.90 Å². The summed E-state index contributed by atoms with van der Waals surface area (Å²) >= 11 is 0. The summed E-state index contributed by atoms with van der Waals surface area (Å²) < 4.78 is 0. The molecular formula is C11H20N2. The minimum atomic E-state index is 0.468. The highest BCUT2D eigenvalue weighted by Crippen LogP contribution is 2.20. The molecule has 13 heavy (non-hydrogen) atoms. The molecule has 0 bridgehead atoms. The van der Waals surface area contributed by atoms with Crippen LogP contribution in [0.2, 0.25) is 0 Å². The third-order valence-electron chi connectivity index (χ3n) is 3.33. The summed E-state index contributed by atoms with van der Waals surface area (Å²) in [6.07, 6.45) is 10.9. The summed E-state index contributed by atoms with van der Waals surface area (Å²) in [4.78, 5) is 2.63. The fraction of sp³-hybridized carbons (Fsp3) is 0.818. The number of allylic oxidation sites excluding steroid dienone is 1. The second-order valence-electron chi connectivity index (χ2n) is 4.31. The zero-order valence-electron chi connectivity index (χ0n) is 8.28. The van der Waals surface area contributed by atoms with E-state index in [2.05, 4.69) is 17.1 Å². The topological polar surface area (TPSA) is 29.3 Å². The molecule has 1 aliphatic heterocycles. The molecule has 1 fully saturated rings. The summed E-state index contributed by atoms with van der Waals surface area (Å²) in [7, 11) is 0. The van der Waals surface area contributed by atoms with Gasteiger partial charge in [0.2, 0.25) is 0 Å². The average molecular weight is 180 g/mol. The van der Waals surface area contributed by atoms with Crippen molar-refractivity contribution in [2.45, 2.75) is 44.2 Å². The van der Waals surface area contributed by atoms with Crippen molar-refractivity contribution in [2.75, 3.05) is 13.1 Å². The lowest BCUT2D eigenvalue weighted by Gasteiger charge is -2.37. The molecule has 2 aliphatic rings. The minimum absolute atomic E-state index is 0.468. The predicted molar refractivity (Wildman–Crippen MR) is 55.6 cm³/mol. The molecule has 2 heteroatoms. The smallest absolute Gasteiger partial charge is 0.0133 e. The van der Waals surface area contributed by atoms with Crippen molar-refractivity contribution in [1.82, 2.24) is 4.90 Å². The first-order valence-corrected chi connectivity index (χ1v) is 5.51. The first-order chi connectivity index (χ1) is 6.36. The summed E-state index contributed by atoms with van der Waals surface area (Å²) in [5.41, 5.74) is 5.89. The number of piperidine rings is 1. The van der Waals surface area contributed by atoms with E-state index in [1.165, 1.54) is 45.2 Å². The van der Waals surface area contributed by atoms with Crippen LogP contribution in [0.3, 0.4) is 0 Å². The lowest BCUT2D eigenvalue weighted by atomic mass is 9.97. The van der Waals surface area contributed by atoms with E-state index in [4.69, 9.17) is 5.73 Å². The summed E-state index contributed by atoms with van der Waals surface area (Å²) in [6, 6.07) is 1.29. The highest BCUT2D eigenvalue weighted by molar-refractivity contribution is 4.94. The molecule has 0 aromatic carbocycles. The summed E-state index contributed by atoms with van der Waals surface area (Å²) in [6.45, 7) is 2.44. The van der Waals surface area contributed by atoms with E-state index in [-0.39, 0.29) is 0 Å². The van der Waals surface area contributed by atoms with Crippen molar-refractivity contribution >= 4 is 0 Å². The second kappa shape index (κ2) is 4.25. The van der Waals surface area contributed by atoms with Crippen molar-refractivity contribution in [3.05, 3.63) is 12.2 Å². The van der Waals surface area contributed by atoms with E-state index in [1.54, 1.807) is 0 Å². The van der Waals surface area contributed by atoms with Crippen LogP contribution in [-0.4, -0.2) is 30.1 Å². The third kappa shape index (κ3) is 2.32. The maximum absolute atomic E-state index is 5.89. The number of nitrogens with two attached hydrogens (primary N) is 1. The van der Waals surface area contributed by atoms with Gasteiger partial charge in [-0.1, -0.05) is 12.2 Å². The average Bonchev–Trinajstić information content (AvgIpc) is 2.20. The van der Waals surface area contributed by atoms with E-state index in [0.29, 0.717) is 6.04 Å². The Hall–Kier alpha value is -0.340. The molecule has 0 spiro atoms. The minimum Gasteiger partial charge on any atom is -0.328 e. The Morgan fingerprint density at radius 1 is 1.08 bits per heavy atom. The van der Waals surface area contributed by atoms with Gasteiger partial charge in [-0.05, 0) is 45.2 Å². The lowest BCUT2D eigenvalue weighted by molar-refractivity contribution is 0.144. The van der Waals surface area contributed by atoms with Gasteiger partial charge in [-0.15, -0.1) is 0 Å². The molecule has 2 N–H and O–H groups in total. The van der Waals surface area contributed by atoms with Crippen LogP contribution in [0, 0.1) is 0 Å². The van der Waals surface area contributed by atoms with Gasteiger partial charge in [0.05, 0.1) is 0 Å². The summed E-state index contributed by atoms with van der Waals surface area (Å²) in [5, 5.41) is 0. The van der Waals surface area contributed by atoms with Crippen molar-refractivity contribution in [2.24, 2.45) is 5.73 Å². The Kier molecular flexibility index (Phi) is 3.01. The molecule has 2 nitrogen and oxygen atoms in total. The van der Waals surface area contributed by atoms with E-state index in [1.807, 2.05) is 0 Å². The molecule has 2 rings (SSSR count). The van der Waals surface area contributed by atoms with Crippen LogP contribution in [0.25, 0.3) is 0 Å². The van der Waals surface area contributed by atoms with Gasteiger partial charge in [-0.2, -0.15) is 0 Å². The van der Waals surface area contributed by atoms with Crippen molar-refractivity contribution in [3.63, 3.8) is 0 Å². The van der Waals surface area contributed by atoms with Gasteiger partial charge in [0.1, 0.15) is 0 Å². The van der Waals surface area contributed by atoms with Crippen LogP contribution < -0.4 is 5.73 Å². The van der Waals surface area contributed by atoms with Crippen LogP contribution in [0.5, 0.6) is 0 Å². The number of hydrogen-bond acceptors (Lipinski definition) is 2. The van der Waals surface area contributed by atoms with Gasteiger partial charge < -0.3 is 5.73 Å². The molecule has 1 unspecified atom stereocenters. The Morgan fingerprint density at radius 2 is 1.85 bits per heavy atom. The van der Waals surface area contributed by atoms with Gasteiger partial charge in [-0.25, -0.2) is 0 Å². The summed E-state index contributed by atoms with van der Waals surface area (Å²) in [5.74, 6) is 0. The monoisotopic (exact) mass is 180 g/mol. The fourth-order valence-corrected chi connectivity index (χ4v) is 2.39.